The monoisotopic (exact) mass is 459 g/mol. The highest BCUT2D eigenvalue weighted by atomic mass is 32.2. The summed E-state index contributed by atoms with van der Waals surface area (Å²) in [5.74, 6) is -0.852. The fourth-order valence-electron chi connectivity index (χ4n) is 3.61. The second-order valence-electron chi connectivity index (χ2n) is 7.30. The highest BCUT2D eigenvalue weighted by Gasteiger charge is 2.25. The van der Waals surface area contributed by atoms with E-state index in [0.717, 1.165) is 24.8 Å². The van der Waals surface area contributed by atoms with Gasteiger partial charge in [-0.25, -0.2) is 12.8 Å². The molecule has 0 spiro atoms. The molecule has 0 bridgehead atoms. The van der Waals surface area contributed by atoms with Crippen LogP contribution in [0.2, 0.25) is 0 Å². The first kappa shape index (κ1) is 21.6. The van der Waals surface area contributed by atoms with Crippen molar-refractivity contribution in [3.63, 3.8) is 0 Å². The van der Waals surface area contributed by atoms with Crippen LogP contribution in [0.15, 0.2) is 65.0 Å². The number of sulfonamides is 1. The molecular formula is C22H22FN3O3S2. The number of benzene rings is 2. The standard InChI is InChI=1S/C22H22FN3O3S2/c1-2-12-26-19-11-8-17(23)15-20(19)30-22(26)24-21(27)16-6-9-18(10-7-16)31(28,29)25-13-4-3-5-14-25/h2,6-11,15H,1,3-5,12-14H2. The van der Waals surface area contributed by atoms with Crippen LogP contribution in [0.1, 0.15) is 29.6 Å². The Bertz CT molecular complexity index is 1300. The van der Waals surface area contributed by atoms with Crippen molar-refractivity contribution in [1.29, 1.82) is 0 Å². The molecule has 6 nitrogen and oxygen atoms in total. The summed E-state index contributed by atoms with van der Waals surface area (Å²) in [5.41, 5.74) is 1.05. The molecule has 2 aromatic carbocycles. The molecule has 0 unspecified atom stereocenters. The summed E-state index contributed by atoms with van der Waals surface area (Å²) in [6.45, 7) is 5.20. The maximum atomic E-state index is 13.6. The molecule has 0 saturated carbocycles. The topological polar surface area (TPSA) is 71.7 Å². The molecule has 31 heavy (non-hydrogen) atoms. The van der Waals surface area contributed by atoms with E-state index in [1.165, 1.54) is 52.0 Å². The zero-order chi connectivity index (χ0) is 22.0. The van der Waals surface area contributed by atoms with E-state index in [1.54, 1.807) is 16.7 Å². The number of carbonyl (C=O) groups excluding carboxylic acids is 1. The van der Waals surface area contributed by atoms with E-state index in [9.17, 15) is 17.6 Å². The summed E-state index contributed by atoms with van der Waals surface area (Å²) in [7, 11) is -3.56. The third kappa shape index (κ3) is 4.39. The average Bonchev–Trinajstić information content (AvgIpc) is 3.10. The van der Waals surface area contributed by atoms with Gasteiger partial charge >= 0.3 is 0 Å². The molecule has 9 heteroatoms. The number of aromatic nitrogens is 1. The van der Waals surface area contributed by atoms with Gasteiger partial charge in [-0.1, -0.05) is 23.8 Å². The fraction of sp³-hybridized carbons (Fsp3) is 0.273. The van der Waals surface area contributed by atoms with Gasteiger partial charge in [0, 0.05) is 25.2 Å². The van der Waals surface area contributed by atoms with Crippen LogP contribution in [-0.2, 0) is 16.6 Å². The minimum atomic E-state index is -3.56. The minimum absolute atomic E-state index is 0.171. The zero-order valence-electron chi connectivity index (χ0n) is 16.8. The summed E-state index contributed by atoms with van der Waals surface area (Å²) < 4.78 is 43.1. The summed E-state index contributed by atoms with van der Waals surface area (Å²) in [4.78, 5) is 17.6. The molecule has 1 aliphatic heterocycles. The number of fused-ring (bicyclic) bond motifs is 1. The van der Waals surface area contributed by atoms with Crippen molar-refractivity contribution < 1.29 is 17.6 Å². The lowest BCUT2D eigenvalue weighted by molar-refractivity contribution is 0.0997. The smallest absolute Gasteiger partial charge is 0.279 e. The Labute approximate surface area is 184 Å². The van der Waals surface area contributed by atoms with E-state index in [-0.39, 0.29) is 16.3 Å². The maximum absolute atomic E-state index is 13.6. The van der Waals surface area contributed by atoms with Gasteiger partial charge in [-0.15, -0.1) is 6.58 Å². The predicted molar refractivity (Wildman–Crippen MR) is 119 cm³/mol. The van der Waals surface area contributed by atoms with Gasteiger partial charge in [-0.3, -0.25) is 4.79 Å². The van der Waals surface area contributed by atoms with Crippen LogP contribution in [0.3, 0.4) is 0 Å². The Kier molecular flexibility index (Phi) is 6.17. The molecule has 0 N–H and O–H groups in total. The largest absolute Gasteiger partial charge is 0.312 e. The molecule has 1 fully saturated rings. The average molecular weight is 460 g/mol. The SMILES string of the molecule is C=CCn1c(=NC(=O)c2ccc(S(=O)(=O)N3CCCCC3)cc2)sc2cc(F)ccc21. The van der Waals surface area contributed by atoms with E-state index in [1.807, 2.05) is 0 Å². The van der Waals surface area contributed by atoms with Crippen LogP contribution >= 0.6 is 11.3 Å². The van der Waals surface area contributed by atoms with Crippen molar-refractivity contribution >= 4 is 37.5 Å². The normalized spacial score (nSPS) is 16.0. The minimum Gasteiger partial charge on any atom is -0.312 e. The van der Waals surface area contributed by atoms with Gasteiger partial charge in [0.2, 0.25) is 10.0 Å². The van der Waals surface area contributed by atoms with E-state index in [4.69, 9.17) is 0 Å². The number of hydrogen-bond acceptors (Lipinski definition) is 4. The van der Waals surface area contributed by atoms with Gasteiger partial charge in [0.25, 0.3) is 5.91 Å². The van der Waals surface area contributed by atoms with Gasteiger partial charge in [0.15, 0.2) is 4.80 Å². The molecule has 1 aromatic heterocycles. The number of thiazole rings is 1. The van der Waals surface area contributed by atoms with Crippen molar-refractivity contribution in [2.45, 2.75) is 30.7 Å². The molecule has 1 aliphatic rings. The van der Waals surface area contributed by atoms with Crippen LogP contribution in [0.25, 0.3) is 10.2 Å². The van der Waals surface area contributed by atoms with Crippen molar-refractivity contribution in [3.05, 3.63) is 71.3 Å². The third-order valence-electron chi connectivity index (χ3n) is 5.21. The molecule has 162 valence electrons. The van der Waals surface area contributed by atoms with Gasteiger partial charge < -0.3 is 4.57 Å². The molecular weight excluding hydrogens is 437 g/mol. The number of rotatable bonds is 5. The fourth-order valence-corrected chi connectivity index (χ4v) is 6.19. The van der Waals surface area contributed by atoms with Crippen molar-refractivity contribution in [2.75, 3.05) is 13.1 Å². The van der Waals surface area contributed by atoms with Crippen molar-refractivity contribution in [1.82, 2.24) is 8.87 Å². The number of piperidine rings is 1. The Morgan fingerprint density at radius 2 is 1.84 bits per heavy atom. The molecule has 3 aromatic rings. The zero-order valence-corrected chi connectivity index (χ0v) is 18.5. The summed E-state index contributed by atoms with van der Waals surface area (Å²) in [6, 6.07) is 10.3. The predicted octanol–water partition coefficient (Wildman–Crippen LogP) is 3.94. The van der Waals surface area contributed by atoms with Crippen LogP contribution in [-0.4, -0.2) is 36.3 Å². The lowest BCUT2D eigenvalue weighted by Crippen LogP contribution is -2.35. The lowest BCUT2D eigenvalue weighted by Gasteiger charge is -2.25. The van der Waals surface area contributed by atoms with E-state index in [2.05, 4.69) is 11.6 Å². The van der Waals surface area contributed by atoms with E-state index >= 15 is 0 Å². The van der Waals surface area contributed by atoms with Gasteiger partial charge in [-0.05, 0) is 55.3 Å². The van der Waals surface area contributed by atoms with Crippen LogP contribution in [0, 0.1) is 5.82 Å². The molecule has 0 radical (unpaired) electrons. The van der Waals surface area contributed by atoms with Crippen molar-refractivity contribution in [2.24, 2.45) is 4.99 Å². The molecule has 1 saturated heterocycles. The first-order chi connectivity index (χ1) is 14.9. The summed E-state index contributed by atoms with van der Waals surface area (Å²) in [5, 5.41) is 0. The van der Waals surface area contributed by atoms with Crippen LogP contribution in [0.4, 0.5) is 4.39 Å². The first-order valence-electron chi connectivity index (χ1n) is 9.99. The van der Waals surface area contributed by atoms with Gasteiger partial charge in [-0.2, -0.15) is 9.30 Å². The second kappa shape index (κ2) is 8.86. The maximum Gasteiger partial charge on any atom is 0.279 e. The number of nitrogens with zero attached hydrogens (tertiary/aromatic N) is 3. The highest BCUT2D eigenvalue weighted by Crippen LogP contribution is 2.22. The number of halogens is 1. The highest BCUT2D eigenvalue weighted by molar-refractivity contribution is 7.89. The molecule has 4 rings (SSSR count). The second-order valence-corrected chi connectivity index (χ2v) is 10.2. The number of amides is 1. The van der Waals surface area contributed by atoms with E-state index in [0.29, 0.717) is 29.1 Å². The molecule has 0 aliphatic carbocycles. The Morgan fingerprint density at radius 1 is 1.13 bits per heavy atom. The quantitative estimate of drug-likeness (QED) is 0.543. The van der Waals surface area contributed by atoms with Crippen LogP contribution < -0.4 is 4.80 Å². The number of allylic oxidation sites excluding steroid dienone is 1. The Balaban J connectivity index is 1.65. The van der Waals surface area contributed by atoms with Crippen LogP contribution in [0.5, 0.6) is 0 Å². The van der Waals surface area contributed by atoms with Gasteiger partial charge in [0.05, 0.1) is 15.1 Å². The number of hydrogen-bond donors (Lipinski definition) is 0. The number of carbonyl (C=O) groups is 1. The molecule has 0 atom stereocenters. The lowest BCUT2D eigenvalue weighted by atomic mass is 10.2. The first-order valence-corrected chi connectivity index (χ1v) is 12.2. The van der Waals surface area contributed by atoms with Crippen molar-refractivity contribution in [3.8, 4) is 0 Å². The third-order valence-corrected chi connectivity index (χ3v) is 8.16. The van der Waals surface area contributed by atoms with E-state index < -0.39 is 15.9 Å². The Hall–Kier alpha value is -2.62. The summed E-state index contributed by atoms with van der Waals surface area (Å²) in [6.07, 6.45) is 4.44. The molecule has 2 heterocycles. The molecule has 1 amide bonds. The summed E-state index contributed by atoms with van der Waals surface area (Å²) >= 11 is 1.21. The van der Waals surface area contributed by atoms with Gasteiger partial charge in [0.1, 0.15) is 5.82 Å². The Morgan fingerprint density at radius 3 is 2.52 bits per heavy atom.